The van der Waals surface area contributed by atoms with Gasteiger partial charge in [0.15, 0.2) is 0 Å². The van der Waals surface area contributed by atoms with Crippen LogP contribution in [-0.2, 0) is 6.42 Å². The third kappa shape index (κ3) is 2.18. The highest BCUT2D eigenvalue weighted by Crippen LogP contribution is 2.27. The number of hydrogen-bond acceptors (Lipinski definition) is 5. The lowest BCUT2D eigenvalue weighted by Gasteiger charge is -2.12. The van der Waals surface area contributed by atoms with Crippen LogP contribution in [0.1, 0.15) is 31.2 Å². The van der Waals surface area contributed by atoms with Crippen LogP contribution in [0, 0.1) is 6.92 Å². The molecule has 0 bridgehead atoms. The Morgan fingerprint density at radius 3 is 2.53 bits per heavy atom. The summed E-state index contributed by atoms with van der Waals surface area (Å²) in [4.78, 5) is 8.77. The summed E-state index contributed by atoms with van der Waals surface area (Å²) in [5.41, 5.74) is 3.60. The first kappa shape index (κ1) is 10.2. The van der Waals surface area contributed by atoms with Gasteiger partial charge in [-0.3, -0.25) is 0 Å². The molecule has 0 saturated heterocycles. The highest BCUT2D eigenvalue weighted by Gasteiger charge is 2.23. The zero-order valence-corrected chi connectivity index (χ0v) is 9.17. The van der Waals surface area contributed by atoms with Gasteiger partial charge >= 0.3 is 0 Å². The van der Waals surface area contributed by atoms with Gasteiger partial charge in [-0.2, -0.15) is 0 Å². The van der Waals surface area contributed by atoms with E-state index in [-0.39, 0.29) is 0 Å². The van der Waals surface area contributed by atoms with Gasteiger partial charge in [-0.1, -0.05) is 6.92 Å². The number of aryl methyl sites for hydroxylation is 1. The third-order valence-electron chi connectivity index (χ3n) is 2.56. The van der Waals surface area contributed by atoms with Crippen LogP contribution in [-0.4, -0.2) is 16.0 Å². The molecule has 1 aliphatic carbocycles. The number of hydrazine groups is 1. The minimum atomic E-state index is 0.592. The van der Waals surface area contributed by atoms with Crippen molar-refractivity contribution >= 4 is 11.6 Å². The van der Waals surface area contributed by atoms with E-state index in [2.05, 4.69) is 20.7 Å². The third-order valence-corrected chi connectivity index (χ3v) is 2.56. The molecule has 15 heavy (non-hydrogen) atoms. The molecule has 1 aromatic rings. The molecule has 0 spiro atoms. The fourth-order valence-electron chi connectivity index (χ4n) is 1.42. The van der Waals surface area contributed by atoms with Crippen LogP contribution in [0.5, 0.6) is 0 Å². The predicted octanol–water partition coefficient (Wildman–Crippen LogP) is 1.21. The molecule has 2 rings (SSSR count). The van der Waals surface area contributed by atoms with E-state index in [9.17, 15) is 0 Å². The second-order valence-corrected chi connectivity index (χ2v) is 3.88. The number of nitrogen functional groups attached to an aromatic ring is 1. The lowest BCUT2D eigenvalue weighted by atomic mass is 10.3. The lowest BCUT2D eigenvalue weighted by Crippen LogP contribution is -2.15. The Morgan fingerprint density at radius 2 is 2.00 bits per heavy atom. The molecule has 5 heteroatoms. The first-order valence-corrected chi connectivity index (χ1v) is 5.35. The Labute approximate surface area is 89.5 Å². The highest BCUT2D eigenvalue weighted by atomic mass is 15.3. The molecule has 0 unspecified atom stereocenters. The molecule has 0 amide bonds. The van der Waals surface area contributed by atoms with Crippen molar-refractivity contribution in [2.75, 3.05) is 10.7 Å². The maximum atomic E-state index is 5.42. The quantitative estimate of drug-likeness (QED) is 0.511. The summed E-state index contributed by atoms with van der Waals surface area (Å²) in [6, 6.07) is 0.592. The number of nitrogens with one attached hydrogen (secondary N) is 2. The second-order valence-electron chi connectivity index (χ2n) is 3.88. The summed E-state index contributed by atoms with van der Waals surface area (Å²) >= 11 is 0. The number of hydrogen-bond donors (Lipinski definition) is 3. The largest absolute Gasteiger partial charge is 0.367 e. The molecule has 0 aromatic carbocycles. The zero-order chi connectivity index (χ0) is 10.8. The summed E-state index contributed by atoms with van der Waals surface area (Å²) in [6.07, 6.45) is 3.28. The number of rotatable bonds is 4. The van der Waals surface area contributed by atoms with Crippen molar-refractivity contribution in [3.05, 3.63) is 11.4 Å². The molecule has 1 aliphatic rings. The average molecular weight is 207 g/mol. The fourth-order valence-corrected chi connectivity index (χ4v) is 1.42. The van der Waals surface area contributed by atoms with Crippen molar-refractivity contribution in [3.8, 4) is 0 Å². The first-order chi connectivity index (χ1) is 7.24. The number of anilines is 2. The van der Waals surface area contributed by atoms with Gasteiger partial charge in [0.25, 0.3) is 0 Å². The van der Waals surface area contributed by atoms with Crippen LogP contribution in [0.3, 0.4) is 0 Å². The Balaban J connectivity index is 2.31. The van der Waals surface area contributed by atoms with Gasteiger partial charge in [-0.15, -0.1) is 0 Å². The van der Waals surface area contributed by atoms with Crippen molar-refractivity contribution in [2.45, 2.75) is 39.2 Å². The Morgan fingerprint density at radius 1 is 1.33 bits per heavy atom. The number of nitrogens with two attached hydrogens (primary N) is 1. The van der Waals surface area contributed by atoms with E-state index in [4.69, 9.17) is 5.84 Å². The summed E-state index contributed by atoms with van der Waals surface area (Å²) in [5.74, 6) is 7.87. The molecule has 5 nitrogen and oxygen atoms in total. The number of nitrogens with zero attached hydrogens (tertiary/aromatic N) is 2. The van der Waals surface area contributed by atoms with E-state index in [0.29, 0.717) is 11.9 Å². The molecule has 0 aliphatic heterocycles. The van der Waals surface area contributed by atoms with Gasteiger partial charge in [0.2, 0.25) is 0 Å². The lowest BCUT2D eigenvalue weighted by molar-refractivity contribution is 0.920. The van der Waals surface area contributed by atoms with Gasteiger partial charge in [0.05, 0.1) is 0 Å². The van der Waals surface area contributed by atoms with Crippen molar-refractivity contribution < 1.29 is 0 Å². The van der Waals surface area contributed by atoms with Crippen molar-refractivity contribution in [3.63, 3.8) is 0 Å². The van der Waals surface area contributed by atoms with Gasteiger partial charge in [-0.25, -0.2) is 15.8 Å². The summed E-state index contributed by atoms with van der Waals surface area (Å²) in [6.45, 7) is 4.01. The predicted molar refractivity (Wildman–Crippen MR) is 60.6 cm³/mol. The molecular formula is C10H17N5. The van der Waals surface area contributed by atoms with Crippen molar-refractivity contribution in [1.29, 1.82) is 0 Å². The standard InChI is InChI=1S/C10H17N5/c1-3-8-13-9(12-7-4-5-7)6(2)10(14-8)15-11/h7H,3-5,11H2,1-2H3,(H2,12,13,14,15). The van der Waals surface area contributed by atoms with Gasteiger partial charge in [0, 0.05) is 18.0 Å². The van der Waals surface area contributed by atoms with Gasteiger partial charge in [-0.05, 0) is 19.8 Å². The monoisotopic (exact) mass is 207 g/mol. The summed E-state index contributed by atoms with van der Waals surface area (Å²) in [5, 5.41) is 3.39. The molecule has 0 radical (unpaired) electrons. The van der Waals surface area contributed by atoms with Crippen molar-refractivity contribution in [2.24, 2.45) is 5.84 Å². The van der Waals surface area contributed by atoms with Crippen LogP contribution in [0.2, 0.25) is 0 Å². The smallest absolute Gasteiger partial charge is 0.148 e. The minimum Gasteiger partial charge on any atom is -0.367 e. The molecule has 1 aromatic heterocycles. The van der Waals surface area contributed by atoms with E-state index < -0.39 is 0 Å². The molecule has 4 N–H and O–H groups in total. The maximum Gasteiger partial charge on any atom is 0.148 e. The summed E-state index contributed by atoms with van der Waals surface area (Å²) in [7, 11) is 0. The zero-order valence-electron chi connectivity index (χ0n) is 9.17. The van der Waals surface area contributed by atoms with Crippen molar-refractivity contribution in [1.82, 2.24) is 9.97 Å². The molecular weight excluding hydrogens is 190 g/mol. The van der Waals surface area contributed by atoms with Crippen LogP contribution < -0.4 is 16.6 Å². The molecule has 0 atom stereocenters. The Bertz CT molecular complexity index is 359. The molecule has 1 fully saturated rings. The van der Waals surface area contributed by atoms with E-state index in [0.717, 1.165) is 23.6 Å². The SMILES string of the molecule is CCc1nc(NN)c(C)c(NC2CC2)n1. The summed E-state index contributed by atoms with van der Waals surface area (Å²) < 4.78 is 0. The van der Waals surface area contributed by atoms with E-state index in [1.165, 1.54) is 12.8 Å². The molecule has 1 saturated carbocycles. The highest BCUT2D eigenvalue weighted by molar-refractivity contribution is 5.57. The minimum absolute atomic E-state index is 0.592. The van der Waals surface area contributed by atoms with Gasteiger partial charge < -0.3 is 10.7 Å². The molecule has 82 valence electrons. The Hall–Kier alpha value is -1.36. The molecule has 1 heterocycles. The Kier molecular flexibility index (Phi) is 2.73. The first-order valence-electron chi connectivity index (χ1n) is 5.35. The average Bonchev–Trinajstić information content (AvgIpc) is 3.05. The second kappa shape index (κ2) is 4.02. The van der Waals surface area contributed by atoms with E-state index in [1.54, 1.807) is 0 Å². The van der Waals surface area contributed by atoms with Gasteiger partial charge in [0.1, 0.15) is 17.5 Å². The van der Waals surface area contributed by atoms with E-state index >= 15 is 0 Å². The topological polar surface area (TPSA) is 75.9 Å². The number of aromatic nitrogens is 2. The van der Waals surface area contributed by atoms with E-state index in [1.807, 2.05) is 13.8 Å². The normalized spacial score (nSPS) is 15.1. The maximum absolute atomic E-state index is 5.42. The van der Waals surface area contributed by atoms with Crippen LogP contribution in [0.4, 0.5) is 11.6 Å². The van der Waals surface area contributed by atoms with Crippen LogP contribution >= 0.6 is 0 Å². The van der Waals surface area contributed by atoms with Crippen LogP contribution in [0.25, 0.3) is 0 Å². The fraction of sp³-hybridized carbons (Fsp3) is 0.600. The van der Waals surface area contributed by atoms with Crippen LogP contribution in [0.15, 0.2) is 0 Å².